The minimum Gasteiger partial charge on any atom is -0.357 e. The second-order valence-corrected chi connectivity index (χ2v) is 8.85. The molecule has 3 amide bonds. The van der Waals surface area contributed by atoms with Gasteiger partial charge in [-0.25, -0.2) is 4.39 Å². The van der Waals surface area contributed by atoms with Gasteiger partial charge in [-0.15, -0.1) is 0 Å². The summed E-state index contributed by atoms with van der Waals surface area (Å²) in [6, 6.07) is 3.45. The van der Waals surface area contributed by atoms with Crippen LogP contribution in [-0.2, 0) is 16.6 Å². The molecule has 3 rings (SSSR count). The van der Waals surface area contributed by atoms with Gasteiger partial charge in [-0.05, 0) is 68.9 Å². The lowest BCUT2D eigenvalue weighted by Gasteiger charge is -2.22. The van der Waals surface area contributed by atoms with Crippen LogP contribution in [0.5, 0.6) is 0 Å². The third-order valence-corrected chi connectivity index (χ3v) is 6.68. The Labute approximate surface area is 198 Å². The van der Waals surface area contributed by atoms with Crippen molar-refractivity contribution < 1.29 is 23.6 Å². The van der Waals surface area contributed by atoms with E-state index in [-0.39, 0.29) is 28.9 Å². The van der Waals surface area contributed by atoms with E-state index < -0.39 is 23.6 Å². The lowest BCUT2D eigenvalue weighted by atomic mass is 9.97. The Hall–Kier alpha value is -3.49. The Morgan fingerprint density at radius 2 is 1.74 bits per heavy atom. The van der Waals surface area contributed by atoms with E-state index >= 15 is 0 Å². The molecule has 1 heterocycles. The van der Waals surface area contributed by atoms with Crippen molar-refractivity contribution in [3.05, 3.63) is 52.1 Å². The van der Waals surface area contributed by atoms with Crippen molar-refractivity contribution in [2.45, 2.75) is 52.5 Å². The summed E-state index contributed by atoms with van der Waals surface area (Å²) in [6.45, 7) is 4.88. The zero-order valence-electron chi connectivity index (χ0n) is 20.2. The first-order valence-electron chi connectivity index (χ1n) is 11.4. The number of carbonyl (C=O) groups excluding carboxylic acids is 4. The minimum atomic E-state index is -0.884. The number of halogens is 1. The third-order valence-electron chi connectivity index (χ3n) is 6.68. The molecule has 0 aliphatic heterocycles. The van der Waals surface area contributed by atoms with Gasteiger partial charge in [0.05, 0.1) is 11.3 Å². The van der Waals surface area contributed by atoms with Gasteiger partial charge in [0.1, 0.15) is 11.9 Å². The van der Waals surface area contributed by atoms with E-state index in [9.17, 15) is 23.6 Å². The van der Waals surface area contributed by atoms with Crippen LogP contribution in [0.15, 0.2) is 18.2 Å². The number of Topliss-reactive ketones (excluding diaryl/α,β-unsaturated/α-hetero) is 1. The molecule has 0 radical (unpaired) electrons. The lowest BCUT2D eigenvalue weighted by Crippen LogP contribution is -2.51. The normalized spacial score (nSPS) is 14.5. The molecule has 9 heteroatoms. The van der Waals surface area contributed by atoms with Crippen molar-refractivity contribution in [3.63, 3.8) is 0 Å². The zero-order chi connectivity index (χ0) is 25.2. The van der Waals surface area contributed by atoms with E-state index in [4.69, 9.17) is 0 Å². The monoisotopic (exact) mass is 470 g/mol. The number of aryl methyl sites for hydroxylation is 1. The van der Waals surface area contributed by atoms with E-state index in [0.717, 1.165) is 25.7 Å². The zero-order valence-corrected chi connectivity index (χ0v) is 20.2. The maximum atomic E-state index is 13.6. The fourth-order valence-electron chi connectivity index (χ4n) is 4.71. The number of hydrogen-bond donors (Lipinski definition) is 3. The summed E-state index contributed by atoms with van der Waals surface area (Å²) in [5.74, 6) is -2.89. The largest absolute Gasteiger partial charge is 0.357 e. The second-order valence-electron chi connectivity index (χ2n) is 8.85. The van der Waals surface area contributed by atoms with Crippen LogP contribution in [0.3, 0.4) is 0 Å². The number of aromatic nitrogens is 1. The number of rotatable bonds is 7. The molecule has 1 aromatic carbocycles. The van der Waals surface area contributed by atoms with Gasteiger partial charge in [-0.3, -0.25) is 19.2 Å². The van der Waals surface area contributed by atoms with E-state index in [1.165, 1.54) is 29.8 Å². The van der Waals surface area contributed by atoms with Crippen molar-refractivity contribution >= 4 is 29.2 Å². The Balaban J connectivity index is 1.85. The molecule has 1 atom stereocenters. The summed E-state index contributed by atoms with van der Waals surface area (Å²) in [5, 5.41) is 7.91. The maximum Gasteiger partial charge on any atom is 0.294 e. The van der Waals surface area contributed by atoms with Crippen molar-refractivity contribution in [1.82, 2.24) is 15.2 Å². The molecule has 2 aromatic rings. The van der Waals surface area contributed by atoms with Crippen molar-refractivity contribution in [3.8, 4) is 0 Å². The Morgan fingerprint density at radius 1 is 1.09 bits per heavy atom. The number of hydrogen-bond acceptors (Lipinski definition) is 4. The molecule has 1 aliphatic rings. The number of amides is 3. The van der Waals surface area contributed by atoms with E-state index in [1.807, 2.05) is 0 Å². The van der Waals surface area contributed by atoms with Crippen LogP contribution >= 0.6 is 0 Å². The first kappa shape index (κ1) is 25.1. The van der Waals surface area contributed by atoms with Gasteiger partial charge < -0.3 is 20.5 Å². The number of ketones is 1. The summed E-state index contributed by atoms with van der Waals surface area (Å²) >= 11 is 0. The Bertz CT molecular complexity index is 1150. The molecule has 0 bridgehead atoms. The van der Waals surface area contributed by atoms with Crippen molar-refractivity contribution in [2.75, 3.05) is 12.4 Å². The van der Waals surface area contributed by atoms with Crippen LogP contribution in [-0.4, -0.2) is 41.2 Å². The quantitative estimate of drug-likeness (QED) is 0.427. The molecule has 1 saturated carbocycles. The third kappa shape index (κ3) is 4.88. The molecule has 0 saturated heterocycles. The minimum absolute atomic E-state index is 0.0200. The molecule has 1 aliphatic carbocycles. The first-order chi connectivity index (χ1) is 16.1. The molecular weight excluding hydrogens is 439 g/mol. The molecule has 3 N–H and O–H groups in total. The summed E-state index contributed by atoms with van der Waals surface area (Å²) in [6.07, 6.45) is 3.57. The van der Waals surface area contributed by atoms with Crippen LogP contribution in [0.2, 0.25) is 0 Å². The number of carbonyl (C=O) groups is 4. The first-order valence-corrected chi connectivity index (χ1v) is 11.4. The average molecular weight is 471 g/mol. The van der Waals surface area contributed by atoms with Gasteiger partial charge in [0, 0.05) is 25.5 Å². The van der Waals surface area contributed by atoms with Crippen LogP contribution in [0.1, 0.15) is 63.4 Å². The van der Waals surface area contributed by atoms with Crippen molar-refractivity contribution in [1.29, 1.82) is 0 Å². The predicted octanol–water partition coefficient (Wildman–Crippen LogP) is 2.95. The topological polar surface area (TPSA) is 109 Å². The van der Waals surface area contributed by atoms with Crippen LogP contribution in [0.25, 0.3) is 0 Å². The van der Waals surface area contributed by atoms with Gasteiger partial charge in [-0.2, -0.15) is 0 Å². The molecule has 1 unspecified atom stereocenters. The van der Waals surface area contributed by atoms with Crippen LogP contribution in [0, 0.1) is 32.5 Å². The van der Waals surface area contributed by atoms with Gasteiger partial charge in [0.15, 0.2) is 0 Å². The lowest BCUT2D eigenvalue weighted by molar-refractivity contribution is -0.128. The number of nitrogens with zero attached hydrogens (tertiary/aromatic N) is 1. The van der Waals surface area contributed by atoms with Gasteiger partial charge >= 0.3 is 0 Å². The predicted molar refractivity (Wildman–Crippen MR) is 126 cm³/mol. The summed E-state index contributed by atoms with van der Waals surface area (Å²) in [5.41, 5.74) is 2.01. The molecule has 1 aromatic heterocycles. The van der Waals surface area contributed by atoms with Crippen LogP contribution in [0.4, 0.5) is 10.1 Å². The molecule has 0 spiro atoms. The smallest absolute Gasteiger partial charge is 0.294 e. The van der Waals surface area contributed by atoms with Gasteiger partial charge in [-0.1, -0.05) is 12.8 Å². The molecular formula is C25H31FN4O4. The van der Waals surface area contributed by atoms with E-state index in [2.05, 4.69) is 16.0 Å². The second kappa shape index (κ2) is 10.2. The standard InChI is InChI=1S/C25H31FN4O4/c1-13-12-17(10-11-18(13)26)28-23(32)19-14(2)21(30(5)15(19)3)22(31)25(34)29-20(24(33)27-4)16-8-6-7-9-16/h10-12,16,20H,6-9H2,1-5H3,(H,27,33)(H,28,32)(H,29,34). The molecule has 1 fully saturated rings. The van der Waals surface area contributed by atoms with Crippen LogP contribution < -0.4 is 16.0 Å². The number of likely N-dealkylation sites (N-methyl/N-ethyl adjacent to an activating group) is 1. The fraction of sp³-hybridized carbons (Fsp3) is 0.440. The van der Waals surface area contributed by atoms with E-state index in [0.29, 0.717) is 22.5 Å². The summed E-state index contributed by atoms with van der Waals surface area (Å²) in [7, 11) is 3.10. The fourth-order valence-corrected chi connectivity index (χ4v) is 4.71. The number of anilines is 1. The van der Waals surface area contributed by atoms with Gasteiger partial charge in [0.2, 0.25) is 5.91 Å². The summed E-state index contributed by atoms with van der Waals surface area (Å²) in [4.78, 5) is 51.4. The Kier molecular flexibility index (Phi) is 7.54. The SMILES string of the molecule is CNC(=O)C(NC(=O)C(=O)c1c(C)c(C(=O)Nc2ccc(F)c(C)c2)c(C)n1C)C1CCCC1. The average Bonchev–Trinajstić information content (AvgIpc) is 3.40. The highest BCUT2D eigenvalue weighted by Crippen LogP contribution is 2.28. The summed E-state index contributed by atoms with van der Waals surface area (Å²) < 4.78 is 15.1. The molecule has 182 valence electrons. The highest BCUT2D eigenvalue weighted by molar-refractivity contribution is 6.43. The van der Waals surface area contributed by atoms with Gasteiger partial charge in [0.25, 0.3) is 17.6 Å². The number of nitrogens with one attached hydrogen (secondary N) is 3. The highest BCUT2D eigenvalue weighted by atomic mass is 19.1. The Morgan fingerprint density at radius 3 is 2.32 bits per heavy atom. The molecule has 34 heavy (non-hydrogen) atoms. The van der Waals surface area contributed by atoms with Crippen molar-refractivity contribution in [2.24, 2.45) is 13.0 Å². The van der Waals surface area contributed by atoms with E-state index in [1.54, 1.807) is 27.8 Å². The maximum absolute atomic E-state index is 13.6. The molecule has 8 nitrogen and oxygen atoms in total. The number of benzene rings is 1. The highest BCUT2D eigenvalue weighted by Gasteiger charge is 2.35.